The van der Waals surface area contributed by atoms with Crippen molar-refractivity contribution >= 4 is 11.8 Å². The van der Waals surface area contributed by atoms with Gasteiger partial charge in [-0.25, -0.2) is 9.78 Å². The number of hydrogen-bond acceptors (Lipinski definition) is 5. The van der Waals surface area contributed by atoms with Gasteiger partial charge in [-0.3, -0.25) is 4.98 Å². The molecular formula is C21H19N3O3. The van der Waals surface area contributed by atoms with E-state index in [2.05, 4.69) is 4.98 Å². The Balaban J connectivity index is 1.96. The lowest BCUT2D eigenvalue weighted by molar-refractivity contribution is 0.0696. The third-order valence-electron chi connectivity index (χ3n) is 4.57. The molecule has 136 valence electrons. The molecule has 0 amide bonds. The van der Waals surface area contributed by atoms with Crippen molar-refractivity contribution in [1.82, 2.24) is 9.97 Å². The average Bonchev–Trinajstić information content (AvgIpc) is 2.74. The van der Waals surface area contributed by atoms with Crippen LogP contribution >= 0.6 is 0 Å². The fourth-order valence-electron chi connectivity index (χ4n) is 3.25. The van der Waals surface area contributed by atoms with Gasteiger partial charge in [-0.15, -0.1) is 0 Å². The van der Waals surface area contributed by atoms with Crippen molar-refractivity contribution in [3.63, 3.8) is 0 Å². The zero-order chi connectivity index (χ0) is 18.6. The van der Waals surface area contributed by atoms with Crippen LogP contribution < -0.4 is 4.90 Å². The van der Waals surface area contributed by atoms with Gasteiger partial charge in [0.25, 0.3) is 0 Å². The van der Waals surface area contributed by atoms with Crippen LogP contribution in [0.25, 0.3) is 22.4 Å². The van der Waals surface area contributed by atoms with Crippen molar-refractivity contribution in [3.05, 3.63) is 66.5 Å². The fourth-order valence-corrected chi connectivity index (χ4v) is 3.25. The molecule has 1 aliphatic rings. The summed E-state index contributed by atoms with van der Waals surface area (Å²) >= 11 is 0. The molecule has 0 saturated carbocycles. The van der Waals surface area contributed by atoms with Crippen molar-refractivity contribution in [2.24, 2.45) is 0 Å². The molecule has 6 nitrogen and oxygen atoms in total. The van der Waals surface area contributed by atoms with Gasteiger partial charge in [0.15, 0.2) is 0 Å². The Morgan fingerprint density at radius 2 is 1.78 bits per heavy atom. The number of carboxylic acid groups (broad SMARTS) is 1. The lowest BCUT2D eigenvalue weighted by Crippen LogP contribution is -2.38. The highest BCUT2D eigenvalue weighted by molar-refractivity contribution is 6.02. The molecule has 0 unspecified atom stereocenters. The Hall–Kier alpha value is -3.25. The molecule has 6 heteroatoms. The van der Waals surface area contributed by atoms with E-state index in [1.807, 2.05) is 53.4 Å². The number of morpholine rings is 1. The normalized spacial score (nSPS) is 14.1. The number of ether oxygens (including phenoxy) is 1. The van der Waals surface area contributed by atoms with Crippen LogP contribution in [0.15, 0.2) is 60.9 Å². The molecule has 2 aromatic heterocycles. The number of aromatic nitrogens is 2. The van der Waals surface area contributed by atoms with Crippen LogP contribution in [0.1, 0.15) is 10.4 Å². The average molecular weight is 361 g/mol. The number of carbonyl (C=O) groups is 1. The quantitative estimate of drug-likeness (QED) is 0.768. The number of carboxylic acids is 1. The molecule has 1 N–H and O–H groups in total. The largest absolute Gasteiger partial charge is 0.478 e. The first kappa shape index (κ1) is 17.2. The maximum atomic E-state index is 12.2. The monoisotopic (exact) mass is 361 g/mol. The summed E-state index contributed by atoms with van der Waals surface area (Å²) in [6.07, 6.45) is 3.44. The molecule has 0 bridgehead atoms. The van der Waals surface area contributed by atoms with Crippen LogP contribution in [-0.4, -0.2) is 47.3 Å². The SMILES string of the molecule is O=C(O)c1c(-c2ccccc2)cc(-c2cccnc2)nc1N1CCOCC1. The van der Waals surface area contributed by atoms with E-state index < -0.39 is 5.97 Å². The predicted molar refractivity (Wildman–Crippen MR) is 103 cm³/mol. The van der Waals surface area contributed by atoms with Crippen molar-refractivity contribution in [2.45, 2.75) is 0 Å². The maximum absolute atomic E-state index is 12.2. The van der Waals surface area contributed by atoms with Gasteiger partial charge in [0.1, 0.15) is 11.4 Å². The Labute approximate surface area is 157 Å². The summed E-state index contributed by atoms with van der Waals surface area (Å²) < 4.78 is 5.42. The summed E-state index contributed by atoms with van der Waals surface area (Å²) in [5.74, 6) is -0.508. The molecule has 1 saturated heterocycles. The standard InChI is InChI=1S/C21H19N3O3/c25-21(26)19-17(15-5-2-1-3-6-15)13-18(16-7-4-8-22-14-16)23-20(19)24-9-11-27-12-10-24/h1-8,13-14H,9-12H2,(H,25,26). The van der Waals surface area contributed by atoms with Gasteiger partial charge in [0.05, 0.1) is 18.9 Å². The maximum Gasteiger partial charge on any atom is 0.340 e. The minimum Gasteiger partial charge on any atom is -0.478 e. The van der Waals surface area contributed by atoms with Crippen LogP contribution in [0.4, 0.5) is 5.82 Å². The summed E-state index contributed by atoms with van der Waals surface area (Å²) in [6.45, 7) is 2.33. The van der Waals surface area contributed by atoms with Gasteiger partial charge < -0.3 is 14.7 Å². The number of hydrogen-bond donors (Lipinski definition) is 1. The second-order valence-electron chi connectivity index (χ2n) is 6.27. The molecule has 0 spiro atoms. The minimum absolute atomic E-state index is 0.218. The number of rotatable bonds is 4. The van der Waals surface area contributed by atoms with E-state index in [9.17, 15) is 9.90 Å². The second kappa shape index (κ2) is 7.55. The number of anilines is 1. The summed E-state index contributed by atoms with van der Waals surface area (Å²) in [4.78, 5) is 23.1. The van der Waals surface area contributed by atoms with Gasteiger partial charge in [-0.1, -0.05) is 30.3 Å². The first-order chi connectivity index (χ1) is 13.2. The molecule has 1 aliphatic heterocycles. The van der Waals surface area contributed by atoms with Crippen molar-refractivity contribution in [3.8, 4) is 22.4 Å². The third-order valence-corrected chi connectivity index (χ3v) is 4.57. The van der Waals surface area contributed by atoms with E-state index in [1.165, 1.54) is 0 Å². The first-order valence-corrected chi connectivity index (χ1v) is 8.81. The van der Waals surface area contributed by atoms with Crippen LogP contribution in [0.2, 0.25) is 0 Å². The summed E-state index contributed by atoms with van der Waals surface area (Å²) in [5.41, 5.74) is 3.26. The molecule has 27 heavy (non-hydrogen) atoms. The van der Waals surface area contributed by atoms with Crippen LogP contribution in [0.5, 0.6) is 0 Å². The van der Waals surface area contributed by atoms with Crippen molar-refractivity contribution < 1.29 is 14.6 Å². The third kappa shape index (κ3) is 3.52. The van der Waals surface area contributed by atoms with Gasteiger partial charge in [-0.2, -0.15) is 0 Å². The molecule has 0 radical (unpaired) electrons. The Morgan fingerprint density at radius 1 is 1.04 bits per heavy atom. The molecule has 0 atom stereocenters. The summed E-state index contributed by atoms with van der Waals surface area (Å²) in [6, 6.07) is 15.1. The van der Waals surface area contributed by atoms with Crippen LogP contribution in [0, 0.1) is 0 Å². The fraction of sp³-hybridized carbons (Fsp3) is 0.190. The van der Waals surface area contributed by atoms with Gasteiger partial charge in [0.2, 0.25) is 0 Å². The lowest BCUT2D eigenvalue weighted by Gasteiger charge is -2.30. The number of nitrogens with zero attached hydrogens (tertiary/aromatic N) is 3. The number of pyridine rings is 2. The molecule has 1 fully saturated rings. The van der Waals surface area contributed by atoms with Gasteiger partial charge in [0, 0.05) is 36.6 Å². The topological polar surface area (TPSA) is 75.5 Å². The molecular weight excluding hydrogens is 342 g/mol. The summed E-state index contributed by atoms with van der Waals surface area (Å²) in [5, 5.41) is 9.99. The van der Waals surface area contributed by atoms with Crippen LogP contribution in [-0.2, 0) is 4.74 Å². The highest BCUT2D eigenvalue weighted by atomic mass is 16.5. The number of benzene rings is 1. The zero-order valence-electron chi connectivity index (χ0n) is 14.7. The Bertz CT molecular complexity index is 940. The molecule has 1 aromatic carbocycles. The predicted octanol–water partition coefficient (Wildman–Crippen LogP) is 3.35. The highest BCUT2D eigenvalue weighted by Gasteiger charge is 2.25. The first-order valence-electron chi connectivity index (χ1n) is 8.81. The number of aromatic carboxylic acids is 1. The van der Waals surface area contributed by atoms with Crippen LogP contribution in [0.3, 0.4) is 0 Å². The van der Waals surface area contributed by atoms with Gasteiger partial charge >= 0.3 is 5.97 Å². The second-order valence-corrected chi connectivity index (χ2v) is 6.27. The van der Waals surface area contributed by atoms with Crippen molar-refractivity contribution in [1.29, 1.82) is 0 Å². The van der Waals surface area contributed by atoms with E-state index in [4.69, 9.17) is 9.72 Å². The van der Waals surface area contributed by atoms with Gasteiger partial charge in [-0.05, 0) is 23.8 Å². The van der Waals surface area contributed by atoms with E-state index in [1.54, 1.807) is 12.4 Å². The molecule has 3 aromatic rings. The van der Waals surface area contributed by atoms with E-state index in [0.29, 0.717) is 43.4 Å². The Morgan fingerprint density at radius 3 is 2.44 bits per heavy atom. The molecule has 4 rings (SSSR count). The zero-order valence-corrected chi connectivity index (χ0v) is 14.7. The smallest absolute Gasteiger partial charge is 0.340 e. The summed E-state index contributed by atoms with van der Waals surface area (Å²) in [7, 11) is 0. The van der Waals surface area contributed by atoms with E-state index in [-0.39, 0.29) is 5.56 Å². The minimum atomic E-state index is -0.986. The van der Waals surface area contributed by atoms with E-state index in [0.717, 1.165) is 11.1 Å². The van der Waals surface area contributed by atoms with Crippen molar-refractivity contribution in [2.75, 3.05) is 31.2 Å². The highest BCUT2D eigenvalue weighted by Crippen LogP contribution is 2.34. The lowest BCUT2D eigenvalue weighted by atomic mass is 9.97. The molecule has 0 aliphatic carbocycles. The molecule has 3 heterocycles. The Kier molecular flexibility index (Phi) is 4.80. The van der Waals surface area contributed by atoms with E-state index >= 15 is 0 Å².